The normalized spacial score (nSPS) is 12.6. The zero-order chi connectivity index (χ0) is 13.7. The average Bonchev–Trinajstić information content (AvgIpc) is 2.73. The first-order valence-electron chi connectivity index (χ1n) is 6.87. The standard InChI is InChI=1S/C15H22N4/c1-4-10-16-15(14-8-6-5-7-9-14)11-19-13(3)17-12(2)18-19/h5-9,15-16H,4,10-11H2,1-3H3. The Labute approximate surface area is 114 Å². The van der Waals surface area contributed by atoms with Gasteiger partial charge in [0.1, 0.15) is 11.6 Å². The van der Waals surface area contributed by atoms with Gasteiger partial charge in [-0.2, -0.15) is 5.10 Å². The van der Waals surface area contributed by atoms with E-state index in [1.807, 2.05) is 24.6 Å². The molecule has 1 aromatic carbocycles. The van der Waals surface area contributed by atoms with Gasteiger partial charge in [-0.25, -0.2) is 9.67 Å². The molecule has 0 saturated carbocycles. The summed E-state index contributed by atoms with van der Waals surface area (Å²) < 4.78 is 1.98. The number of nitrogens with one attached hydrogen (secondary N) is 1. The Balaban J connectivity index is 2.16. The summed E-state index contributed by atoms with van der Waals surface area (Å²) in [6.45, 7) is 7.94. The molecular weight excluding hydrogens is 236 g/mol. The van der Waals surface area contributed by atoms with E-state index in [-0.39, 0.29) is 6.04 Å². The summed E-state index contributed by atoms with van der Waals surface area (Å²) in [5.74, 6) is 1.80. The molecule has 2 rings (SSSR count). The first-order valence-corrected chi connectivity index (χ1v) is 6.87. The molecule has 0 saturated heterocycles. The van der Waals surface area contributed by atoms with E-state index in [0.29, 0.717) is 0 Å². The number of hydrogen-bond acceptors (Lipinski definition) is 3. The summed E-state index contributed by atoms with van der Waals surface area (Å²) >= 11 is 0. The summed E-state index contributed by atoms with van der Waals surface area (Å²) in [7, 11) is 0. The number of aromatic nitrogens is 3. The third kappa shape index (κ3) is 3.64. The molecule has 1 heterocycles. The molecule has 1 unspecified atom stereocenters. The van der Waals surface area contributed by atoms with Gasteiger partial charge < -0.3 is 5.32 Å². The highest BCUT2D eigenvalue weighted by Gasteiger charge is 2.13. The Hall–Kier alpha value is -1.68. The van der Waals surface area contributed by atoms with Crippen molar-refractivity contribution in [3.05, 3.63) is 47.5 Å². The summed E-state index contributed by atoms with van der Waals surface area (Å²) in [6.07, 6.45) is 1.12. The lowest BCUT2D eigenvalue weighted by molar-refractivity contribution is 0.431. The lowest BCUT2D eigenvalue weighted by Crippen LogP contribution is -2.27. The van der Waals surface area contributed by atoms with Crippen molar-refractivity contribution in [2.24, 2.45) is 0 Å². The zero-order valence-electron chi connectivity index (χ0n) is 11.9. The summed E-state index contributed by atoms with van der Waals surface area (Å²) in [6, 6.07) is 10.8. The Kier molecular flexibility index (Phi) is 4.68. The van der Waals surface area contributed by atoms with Crippen LogP contribution in [0.1, 0.15) is 36.6 Å². The van der Waals surface area contributed by atoms with Crippen LogP contribution in [0.25, 0.3) is 0 Å². The number of rotatable bonds is 6. The minimum atomic E-state index is 0.279. The smallest absolute Gasteiger partial charge is 0.147 e. The van der Waals surface area contributed by atoms with Gasteiger partial charge in [0.15, 0.2) is 0 Å². The predicted octanol–water partition coefficient (Wildman–Crippen LogP) is 2.64. The molecule has 1 atom stereocenters. The van der Waals surface area contributed by atoms with Crippen LogP contribution in [0.5, 0.6) is 0 Å². The molecule has 0 fully saturated rings. The van der Waals surface area contributed by atoms with E-state index in [1.54, 1.807) is 0 Å². The summed E-state index contributed by atoms with van der Waals surface area (Å²) in [4.78, 5) is 4.36. The second kappa shape index (κ2) is 6.48. The van der Waals surface area contributed by atoms with Crippen molar-refractivity contribution in [1.29, 1.82) is 0 Å². The molecule has 0 radical (unpaired) electrons. The Morgan fingerprint density at radius 2 is 1.95 bits per heavy atom. The molecule has 1 N–H and O–H groups in total. The minimum Gasteiger partial charge on any atom is -0.308 e. The lowest BCUT2D eigenvalue weighted by atomic mass is 10.1. The largest absolute Gasteiger partial charge is 0.308 e. The quantitative estimate of drug-likeness (QED) is 0.866. The number of benzene rings is 1. The van der Waals surface area contributed by atoms with Crippen LogP contribution in [0, 0.1) is 13.8 Å². The van der Waals surface area contributed by atoms with Gasteiger partial charge in [-0.05, 0) is 32.4 Å². The van der Waals surface area contributed by atoms with Gasteiger partial charge >= 0.3 is 0 Å². The maximum Gasteiger partial charge on any atom is 0.147 e. The van der Waals surface area contributed by atoms with Crippen molar-refractivity contribution in [3.63, 3.8) is 0 Å². The molecule has 0 aliphatic heterocycles. The van der Waals surface area contributed by atoms with Crippen LogP contribution in [-0.4, -0.2) is 21.3 Å². The molecule has 0 aliphatic rings. The fraction of sp³-hybridized carbons (Fsp3) is 0.467. The van der Waals surface area contributed by atoms with Crippen LogP contribution >= 0.6 is 0 Å². The van der Waals surface area contributed by atoms with Gasteiger partial charge in [0, 0.05) is 0 Å². The summed E-state index contributed by atoms with van der Waals surface area (Å²) in [5, 5.41) is 8.03. The van der Waals surface area contributed by atoms with Crippen LogP contribution < -0.4 is 5.32 Å². The molecule has 4 nitrogen and oxygen atoms in total. The average molecular weight is 258 g/mol. The van der Waals surface area contributed by atoms with Crippen molar-refractivity contribution in [2.75, 3.05) is 6.54 Å². The molecule has 0 spiro atoms. The van der Waals surface area contributed by atoms with E-state index in [4.69, 9.17) is 0 Å². The molecular formula is C15H22N4. The fourth-order valence-electron chi connectivity index (χ4n) is 2.20. The van der Waals surface area contributed by atoms with Crippen LogP contribution in [0.3, 0.4) is 0 Å². The molecule has 0 bridgehead atoms. The maximum absolute atomic E-state index is 4.45. The molecule has 2 aromatic rings. The highest BCUT2D eigenvalue weighted by molar-refractivity contribution is 5.18. The maximum atomic E-state index is 4.45. The van der Waals surface area contributed by atoms with Gasteiger partial charge in [-0.1, -0.05) is 37.3 Å². The zero-order valence-corrected chi connectivity index (χ0v) is 11.9. The van der Waals surface area contributed by atoms with Gasteiger partial charge in [0.25, 0.3) is 0 Å². The molecule has 102 valence electrons. The second-order valence-corrected chi connectivity index (χ2v) is 4.81. The van der Waals surface area contributed by atoms with Crippen molar-refractivity contribution >= 4 is 0 Å². The van der Waals surface area contributed by atoms with Crippen LogP contribution in [0.2, 0.25) is 0 Å². The topological polar surface area (TPSA) is 42.7 Å². The van der Waals surface area contributed by atoms with Crippen LogP contribution in [0.4, 0.5) is 0 Å². The second-order valence-electron chi connectivity index (χ2n) is 4.81. The molecule has 0 amide bonds. The molecule has 0 aliphatic carbocycles. The minimum absolute atomic E-state index is 0.279. The highest BCUT2D eigenvalue weighted by Crippen LogP contribution is 2.15. The SMILES string of the molecule is CCCNC(Cn1nc(C)nc1C)c1ccccc1. The number of aryl methyl sites for hydroxylation is 2. The third-order valence-corrected chi connectivity index (χ3v) is 3.16. The van der Waals surface area contributed by atoms with Crippen molar-refractivity contribution < 1.29 is 0 Å². The molecule has 4 heteroatoms. The van der Waals surface area contributed by atoms with Crippen molar-refractivity contribution in [2.45, 2.75) is 39.8 Å². The Bertz CT molecular complexity index is 504. The Morgan fingerprint density at radius 3 is 2.53 bits per heavy atom. The van der Waals surface area contributed by atoms with Crippen LogP contribution in [0.15, 0.2) is 30.3 Å². The first kappa shape index (κ1) is 13.7. The van der Waals surface area contributed by atoms with E-state index in [2.05, 4.69) is 46.6 Å². The van der Waals surface area contributed by atoms with Crippen molar-refractivity contribution in [3.8, 4) is 0 Å². The third-order valence-electron chi connectivity index (χ3n) is 3.16. The molecule has 19 heavy (non-hydrogen) atoms. The highest BCUT2D eigenvalue weighted by atomic mass is 15.3. The van der Waals surface area contributed by atoms with E-state index < -0.39 is 0 Å². The summed E-state index contributed by atoms with van der Waals surface area (Å²) in [5.41, 5.74) is 1.29. The number of nitrogens with zero attached hydrogens (tertiary/aromatic N) is 3. The van der Waals surface area contributed by atoms with E-state index in [0.717, 1.165) is 31.2 Å². The van der Waals surface area contributed by atoms with Gasteiger partial charge in [-0.15, -0.1) is 0 Å². The number of hydrogen-bond donors (Lipinski definition) is 1. The van der Waals surface area contributed by atoms with Gasteiger partial charge in [0.05, 0.1) is 12.6 Å². The predicted molar refractivity (Wildman–Crippen MR) is 77.0 cm³/mol. The van der Waals surface area contributed by atoms with Gasteiger partial charge in [0.2, 0.25) is 0 Å². The van der Waals surface area contributed by atoms with Crippen LogP contribution in [-0.2, 0) is 6.54 Å². The van der Waals surface area contributed by atoms with E-state index >= 15 is 0 Å². The monoisotopic (exact) mass is 258 g/mol. The van der Waals surface area contributed by atoms with Crippen molar-refractivity contribution in [1.82, 2.24) is 20.1 Å². The van der Waals surface area contributed by atoms with Gasteiger partial charge in [-0.3, -0.25) is 0 Å². The Morgan fingerprint density at radius 1 is 1.21 bits per heavy atom. The molecule has 1 aromatic heterocycles. The van der Waals surface area contributed by atoms with E-state index in [1.165, 1.54) is 5.56 Å². The lowest BCUT2D eigenvalue weighted by Gasteiger charge is -2.19. The first-order chi connectivity index (χ1) is 9.20. The fourth-order valence-corrected chi connectivity index (χ4v) is 2.20. The van der Waals surface area contributed by atoms with E-state index in [9.17, 15) is 0 Å².